The van der Waals surface area contributed by atoms with E-state index in [4.69, 9.17) is 0 Å². The van der Waals surface area contributed by atoms with E-state index in [0.29, 0.717) is 17.7 Å². The van der Waals surface area contributed by atoms with Gasteiger partial charge in [-0.3, -0.25) is 0 Å². The zero-order valence-corrected chi connectivity index (χ0v) is 11.7. The van der Waals surface area contributed by atoms with Crippen molar-refractivity contribution in [3.05, 3.63) is 0 Å². The minimum absolute atomic E-state index is 0.0964. The Kier molecular flexibility index (Phi) is 4.10. The SMILES string of the molecule is CNC1CCN(CC2CCCS2(=O)=O)CC1C. The third-order valence-corrected chi connectivity index (χ3v) is 6.54. The van der Waals surface area contributed by atoms with Crippen molar-refractivity contribution in [3.8, 4) is 0 Å². The second-order valence-corrected chi connectivity index (χ2v) is 7.95. The molecule has 2 saturated heterocycles. The van der Waals surface area contributed by atoms with Crippen LogP contribution in [0.3, 0.4) is 0 Å². The molecule has 5 heteroatoms. The maximum absolute atomic E-state index is 11.8. The fourth-order valence-corrected chi connectivity index (χ4v) is 5.04. The Morgan fingerprint density at radius 1 is 1.35 bits per heavy atom. The fourth-order valence-electron chi connectivity index (χ4n) is 3.18. The number of sulfone groups is 1. The van der Waals surface area contributed by atoms with Gasteiger partial charge in [0.2, 0.25) is 0 Å². The summed E-state index contributed by atoms with van der Waals surface area (Å²) in [4.78, 5) is 2.34. The Morgan fingerprint density at radius 2 is 2.12 bits per heavy atom. The predicted octanol–water partition coefficient (Wildman–Crippen LogP) is 0.493. The van der Waals surface area contributed by atoms with E-state index in [0.717, 1.165) is 38.9 Å². The molecule has 0 amide bonds. The molecule has 0 aliphatic carbocycles. The molecule has 2 rings (SSSR count). The smallest absolute Gasteiger partial charge is 0.154 e. The zero-order valence-electron chi connectivity index (χ0n) is 10.9. The first kappa shape index (κ1) is 13.3. The topological polar surface area (TPSA) is 49.4 Å². The second-order valence-electron chi connectivity index (χ2n) is 5.55. The number of likely N-dealkylation sites (tertiary alicyclic amines) is 1. The monoisotopic (exact) mass is 260 g/mol. The van der Waals surface area contributed by atoms with Crippen LogP contribution in [0.4, 0.5) is 0 Å². The lowest BCUT2D eigenvalue weighted by Crippen LogP contribution is -2.49. The van der Waals surface area contributed by atoms with Gasteiger partial charge >= 0.3 is 0 Å². The van der Waals surface area contributed by atoms with Crippen LogP contribution in [-0.2, 0) is 9.84 Å². The first-order valence-corrected chi connectivity index (χ1v) is 8.35. The summed E-state index contributed by atoms with van der Waals surface area (Å²) in [6, 6.07) is 0.589. The summed E-state index contributed by atoms with van der Waals surface area (Å²) >= 11 is 0. The first-order chi connectivity index (χ1) is 8.03. The van der Waals surface area contributed by atoms with Crippen molar-refractivity contribution in [1.82, 2.24) is 10.2 Å². The highest BCUT2D eigenvalue weighted by molar-refractivity contribution is 7.92. The number of piperidine rings is 1. The van der Waals surface area contributed by atoms with Crippen LogP contribution in [0.5, 0.6) is 0 Å². The van der Waals surface area contributed by atoms with Gasteiger partial charge in [0.15, 0.2) is 9.84 Å². The van der Waals surface area contributed by atoms with Crippen molar-refractivity contribution in [2.45, 2.75) is 37.5 Å². The average Bonchev–Trinajstić information content (AvgIpc) is 2.59. The highest BCUT2D eigenvalue weighted by atomic mass is 32.2. The van der Waals surface area contributed by atoms with Gasteiger partial charge in [0.05, 0.1) is 11.0 Å². The van der Waals surface area contributed by atoms with E-state index in [1.165, 1.54) is 0 Å². The molecular weight excluding hydrogens is 236 g/mol. The van der Waals surface area contributed by atoms with Crippen LogP contribution in [0.25, 0.3) is 0 Å². The minimum atomic E-state index is -2.78. The van der Waals surface area contributed by atoms with E-state index in [2.05, 4.69) is 17.1 Å². The summed E-state index contributed by atoms with van der Waals surface area (Å²) in [6.07, 6.45) is 2.85. The standard InChI is InChI=1S/C12H24N2O2S/c1-10-8-14(6-5-12(10)13-2)9-11-4-3-7-17(11,15)16/h10-13H,3-9H2,1-2H3. The first-order valence-electron chi connectivity index (χ1n) is 6.64. The van der Waals surface area contributed by atoms with Gasteiger partial charge in [-0.05, 0) is 38.8 Å². The molecule has 2 aliphatic heterocycles. The molecule has 100 valence electrons. The van der Waals surface area contributed by atoms with E-state index >= 15 is 0 Å². The van der Waals surface area contributed by atoms with Gasteiger partial charge in [0.1, 0.15) is 0 Å². The number of hydrogen-bond acceptors (Lipinski definition) is 4. The maximum Gasteiger partial charge on any atom is 0.154 e. The Balaban J connectivity index is 1.89. The molecular formula is C12H24N2O2S. The van der Waals surface area contributed by atoms with Crippen LogP contribution in [-0.4, -0.2) is 57.0 Å². The summed E-state index contributed by atoms with van der Waals surface area (Å²) in [5.41, 5.74) is 0. The zero-order chi connectivity index (χ0) is 12.5. The summed E-state index contributed by atoms with van der Waals surface area (Å²) in [5, 5.41) is 3.24. The number of hydrogen-bond donors (Lipinski definition) is 1. The van der Waals surface area contributed by atoms with Gasteiger partial charge < -0.3 is 10.2 Å². The maximum atomic E-state index is 11.8. The summed E-state index contributed by atoms with van der Waals surface area (Å²) in [5.74, 6) is 1.01. The van der Waals surface area contributed by atoms with Gasteiger partial charge in [-0.2, -0.15) is 0 Å². The molecule has 3 unspecified atom stereocenters. The molecule has 0 aromatic heterocycles. The third-order valence-electron chi connectivity index (χ3n) is 4.28. The number of nitrogens with zero attached hydrogens (tertiary/aromatic N) is 1. The molecule has 0 bridgehead atoms. The lowest BCUT2D eigenvalue weighted by atomic mass is 9.94. The van der Waals surface area contributed by atoms with Crippen LogP contribution in [0.2, 0.25) is 0 Å². The molecule has 2 fully saturated rings. The summed E-state index contributed by atoms with van der Waals surface area (Å²) < 4.78 is 23.6. The van der Waals surface area contributed by atoms with Crippen molar-refractivity contribution in [2.75, 3.05) is 32.4 Å². The van der Waals surface area contributed by atoms with Crippen molar-refractivity contribution in [3.63, 3.8) is 0 Å². The third kappa shape index (κ3) is 3.01. The van der Waals surface area contributed by atoms with Gasteiger partial charge in [-0.15, -0.1) is 0 Å². The Morgan fingerprint density at radius 3 is 2.65 bits per heavy atom. The molecule has 0 spiro atoms. The van der Waals surface area contributed by atoms with Crippen LogP contribution in [0.15, 0.2) is 0 Å². The lowest BCUT2D eigenvalue weighted by molar-refractivity contribution is 0.151. The molecule has 4 nitrogen and oxygen atoms in total. The molecule has 0 saturated carbocycles. The summed E-state index contributed by atoms with van der Waals surface area (Å²) in [7, 11) is -0.768. The van der Waals surface area contributed by atoms with Crippen molar-refractivity contribution in [2.24, 2.45) is 5.92 Å². The molecule has 1 N–H and O–H groups in total. The molecule has 0 aromatic carbocycles. The fraction of sp³-hybridized carbons (Fsp3) is 1.00. The Bertz CT molecular complexity index is 356. The highest BCUT2D eigenvalue weighted by Gasteiger charge is 2.34. The molecule has 17 heavy (non-hydrogen) atoms. The van der Waals surface area contributed by atoms with Crippen LogP contribution >= 0.6 is 0 Å². The lowest BCUT2D eigenvalue weighted by Gasteiger charge is -2.37. The molecule has 3 atom stereocenters. The van der Waals surface area contributed by atoms with E-state index in [1.54, 1.807) is 0 Å². The molecule has 0 aromatic rings. The Labute approximate surface area is 105 Å². The van der Waals surface area contributed by atoms with Crippen LogP contribution in [0, 0.1) is 5.92 Å². The quantitative estimate of drug-likeness (QED) is 0.802. The summed E-state index contributed by atoms with van der Waals surface area (Å²) in [6.45, 7) is 5.05. The molecule has 2 aliphatic rings. The Hall–Kier alpha value is -0.130. The van der Waals surface area contributed by atoms with Crippen LogP contribution < -0.4 is 5.32 Å². The van der Waals surface area contributed by atoms with E-state index in [1.807, 2.05) is 7.05 Å². The largest absolute Gasteiger partial charge is 0.317 e. The second kappa shape index (κ2) is 5.24. The van der Waals surface area contributed by atoms with E-state index in [-0.39, 0.29) is 5.25 Å². The average molecular weight is 260 g/mol. The predicted molar refractivity (Wildman–Crippen MR) is 69.9 cm³/mol. The van der Waals surface area contributed by atoms with Crippen molar-refractivity contribution < 1.29 is 8.42 Å². The van der Waals surface area contributed by atoms with Gasteiger partial charge in [-0.25, -0.2) is 8.42 Å². The van der Waals surface area contributed by atoms with Crippen molar-refractivity contribution in [1.29, 1.82) is 0 Å². The molecule has 0 radical (unpaired) electrons. The van der Waals surface area contributed by atoms with E-state index in [9.17, 15) is 8.42 Å². The number of nitrogens with one attached hydrogen (secondary N) is 1. The number of rotatable bonds is 3. The van der Waals surface area contributed by atoms with E-state index < -0.39 is 9.84 Å². The normalized spacial score (nSPS) is 38.4. The van der Waals surface area contributed by atoms with Crippen molar-refractivity contribution >= 4 is 9.84 Å². The van der Waals surface area contributed by atoms with Gasteiger partial charge in [0.25, 0.3) is 0 Å². The van der Waals surface area contributed by atoms with Gasteiger partial charge in [-0.1, -0.05) is 6.92 Å². The van der Waals surface area contributed by atoms with Crippen LogP contribution in [0.1, 0.15) is 26.2 Å². The molecule has 2 heterocycles. The highest BCUT2D eigenvalue weighted by Crippen LogP contribution is 2.23. The minimum Gasteiger partial charge on any atom is -0.317 e. The van der Waals surface area contributed by atoms with Gasteiger partial charge in [0, 0.05) is 19.1 Å².